The summed E-state index contributed by atoms with van der Waals surface area (Å²) in [5.74, 6) is 0.436. The molecule has 1 saturated heterocycles. The maximum Gasteiger partial charge on any atom is 0.225 e. The second-order valence-corrected chi connectivity index (χ2v) is 6.95. The smallest absolute Gasteiger partial charge is 0.225 e. The molecule has 0 bridgehead atoms. The van der Waals surface area contributed by atoms with Gasteiger partial charge in [0.15, 0.2) is 5.78 Å². The lowest BCUT2D eigenvalue weighted by molar-refractivity contribution is -0.136. The predicted octanol–water partition coefficient (Wildman–Crippen LogP) is 2.59. The molecular weight excluding hydrogens is 288 g/mol. The van der Waals surface area contributed by atoms with Gasteiger partial charge in [-0.15, -0.1) is 0 Å². The zero-order chi connectivity index (χ0) is 17.1. The summed E-state index contributed by atoms with van der Waals surface area (Å²) < 4.78 is 0. The monoisotopic (exact) mass is 316 g/mol. The topological polar surface area (TPSA) is 40.6 Å². The molecule has 1 amide bonds. The Labute approximate surface area is 139 Å². The minimum Gasteiger partial charge on any atom is -0.340 e. The Balaban J connectivity index is 1.97. The second-order valence-electron chi connectivity index (χ2n) is 6.95. The van der Waals surface area contributed by atoms with Gasteiger partial charge in [-0.25, -0.2) is 0 Å². The van der Waals surface area contributed by atoms with Crippen molar-refractivity contribution in [3.05, 3.63) is 34.4 Å². The summed E-state index contributed by atoms with van der Waals surface area (Å²) in [5, 5.41) is 0. The van der Waals surface area contributed by atoms with Crippen LogP contribution in [-0.4, -0.2) is 54.2 Å². The molecule has 1 aromatic carbocycles. The minimum absolute atomic E-state index is 0.0426. The average molecular weight is 316 g/mol. The number of carbonyl (C=O) groups excluding carboxylic acids is 2. The van der Waals surface area contributed by atoms with E-state index >= 15 is 0 Å². The number of carbonyl (C=O) groups is 2. The molecule has 1 aromatic rings. The van der Waals surface area contributed by atoms with Gasteiger partial charge in [0.1, 0.15) is 0 Å². The molecule has 1 aliphatic heterocycles. The standard InChI is InChI=1S/C19H28N2O2/c1-13(2)19(23)21-8-6-20(7-9-21)12-17(22)18-15(4)10-14(3)11-16(18)5/h10-11,13H,6-9,12H2,1-5H3. The highest BCUT2D eigenvalue weighted by Gasteiger charge is 2.24. The molecule has 4 nitrogen and oxygen atoms in total. The van der Waals surface area contributed by atoms with Gasteiger partial charge in [0.05, 0.1) is 6.54 Å². The number of ketones is 1. The van der Waals surface area contributed by atoms with Crippen molar-refractivity contribution in [2.75, 3.05) is 32.7 Å². The Morgan fingerprint density at radius 1 is 1.00 bits per heavy atom. The van der Waals surface area contributed by atoms with Crippen LogP contribution in [0.5, 0.6) is 0 Å². The second kappa shape index (κ2) is 7.26. The van der Waals surface area contributed by atoms with Crippen LogP contribution in [0, 0.1) is 26.7 Å². The lowest BCUT2D eigenvalue weighted by atomic mass is 9.96. The van der Waals surface area contributed by atoms with Gasteiger partial charge in [-0.2, -0.15) is 0 Å². The summed E-state index contributed by atoms with van der Waals surface area (Å²) in [7, 11) is 0. The van der Waals surface area contributed by atoms with Crippen LogP contribution in [0.15, 0.2) is 12.1 Å². The summed E-state index contributed by atoms with van der Waals surface area (Å²) in [6.45, 7) is 13.4. The highest BCUT2D eigenvalue weighted by Crippen LogP contribution is 2.18. The predicted molar refractivity (Wildman–Crippen MR) is 92.8 cm³/mol. The van der Waals surface area contributed by atoms with Gasteiger partial charge in [0, 0.05) is 37.7 Å². The molecule has 0 aromatic heterocycles. The van der Waals surface area contributed by atoms with Gasteiger partial charge in [-0.3, -0.25) is 14.5 Å². The van der Waals surface area contributed by atoms with Crippen molar-refractivity contribution in [3.8, 4) is 0 Å². The molecule has 0 saturated carbocycles. The first-order valence-electron chi connectivity index (χ1n) is 8.41. The summed E-state index contributed by atoms with van der Waals surface area (Å²) in [6, 6.07) is 4.14. The fourth-order valence-corrected chi connectivity index (χ4v) is 3.39. The summed E-state index contributed by atoms with van der Waals surface area (Å²) in [5.41, 5.74) is 4.16. The molecule has 126 valence electrons. The van der Waals surface area contributed by atoms with Gasteiger partial charge < -0.3 is 4.90 Å². The molecule has 0 radical (unpaired) electrons. The van der Waals surface area contributed by atoms with E-state index in [9.17, 15) is 9.59 Å². The van der Waals surface area contributed by atoms with Crippen molar-refractivity contribution in [1.29, 1.82) is 0 Å². The first-order chi connectivity index (χ1) is 10.8. The van der Waals surface area contributed by atoms with Crippen LogP contribution < -0.4 is 0 Å². The van der Waals surface area contributed by atoms with E-state index in [1.54, 1.807) is 0 Å². The summed E-state index contributed by atoms with van der Waals surface area (Å²) >= 11 is 0. The fourth-order valence-electron chi connectivity index (χ4n) is 3.39. The van der Waals surface area contributed by atoms with Crippen LogP contribution in [0.4, 0.5) is 0 Å². The van der Waals surface area contributed by atoms with Crippen LogP contribution in [0.1, 0.15) is 40.9 Å². The fraction of sp³-hybridized carbons (Fsp3) is 0.579. The Morgan fingerprint density at radius 2 is 1.52 bits per heavy atom. The first-order valence-corrected chi connectivity index (χ1v) is 8.41. The van der Waals surface area contributed by atoms with Crippen LogP contribution in [-0.2, 0) is 4.79 Å². The molecule has 2 rings (SSSR count). The molecule has 23 heavy (non-hydrogen) atoms. The minimum atomic E-state index is 0.0426. The number of hydrogen-bond donors (Lipinski definition) is 0. The molecule has 1 aliphatic rings. The van der Waals surface area contributed by atoms with Crippen LogP contribution in [0.25, 0.3) is 0 Å². The SMILES string of the molecule is Cc1cc(C)c(C(=O)CN2CCN(C(=O)C(C)C)CC2)c(C)c1. The Morgan fingerprint density at radius 3 is 2.00 bits per heavy atom. The van der Waals surface area contributed by atoms with E-state index in [2.05, 4.69) is 24.0 Å². The summed E-state index contributed by atoms with van der Waals surface area (Å²) in [6.07, 6.45) is 0. The number of aryl methyl sites for hydroxylation is 3. The van der Waals surface area contributed by atoms with E-state index in [-0.39, 0.29) is 17.6 Å². The zero-order valence-electron chi connectivity index (χ0n) is 15.0. The highest BCUT2D eigenvalue weighted by molar-refractivity contribution is 6.00. The van der Waals surface area contributed by atoms with Crippen molar-refractivity contribution in [3.63, 3.8) is 0 Å². The first kappa shape index (κ1) is 17.7. The van der Waals surface area contributed by atoms with Crippen LogP contribution in [0.2, 0.25) is 0 Å². The van der Waals surface area contributed by atoms with Crippen molar-refractivity contribution in [2.24, 2.45) is 5.92 Å². The molecular formula is C19H28N2O2. The third-order valence-corrected chi connectivity index (χ3v) is 4.50. The number of amides is 1. The average Bonchev–Trinajstić information content (AvgIpc) is 2.46. The van der Waals surface area contributed by atoms with E-state index in [1.165, 1.54) is 5.56 Å². The van der Waals surface area contributed by atoms with Gasteiger partial charge in [0.2, 0.25) is 5.91 Å². The van der Waals surface area contributed by atoms with Crippen molar-refractivity contribution in [1.82, 2.24) is 9.80 Å². The van der Waals surface area contributed by atoms with E-state index in [4.69, 9.17) is 0 Å². The van der Waals surface area contributed by atoms with Crippen molar-refractivity contribution in [2.45, 2.75) is 34.6 Å². The molecule has 0 N–H and O–H groups in total. The zero-order valence-corrected chi connectivity index (χ0v) is 15.0. The number of Topliss-reactive ketones (excluding diaryl/α,β-unsaturated/α-hetero) is 1. The maximum atomic E-state index is 12.7. The molecule has 0 spiro atoms. The molecule has 1 heterocycles. The maximum absolute atomic E-state index is 12.7. The van der Waals surface area contributed by atoms with Gasteiger partial charge in [-0.1, -0.05) is 31.5 Å². The molecule has 4 heteroatoms. The molecule has 0 unspecified atom stereocenters. The van der Waals surface area contributed by atoms with E-state index in [0.717, 1.165) is 42.9 Å². The Bertz CT molecular complexity index is 576. The number of piperazine rings is 1. The molecule has 1 fully saturated rings. The normalized spacial score (nSPS) is 16.0. The third-order valence-electron chi connectivity index (χ3n) is 4.50. The molecule has 0 atom stereocenters. The van der Waals surface area contributed by atoms with Gasteiger partial charge >= 0.3 is 0 Å². The van der Waals surface area contributed by atoms with Crippen molar-refractivity contribution >= 4 is 11.7 Å². The number of rotatable bonds is 4. The Hall–Kier alpha value is -1.68. The van der Waals surface area contributed by atoms with E-state index in [1.807, 2.05) is 32.6 Å². The summed E-state index contributed by atoms with van der Waals surface area (Å²) in [4.78, 5) is 28.7. The third kappa shape index (κ3) is 4.20. The van der Waals surface area contributed by atoms with Crippen molar-refractivity contribution < 1.29 is 9.59 Å². The molecule has 0 aliphatic carbocycles. The Kier molecular flexibility index (Phi) is 5.58. The van der Waals surface area contributed by atoms with Crippen LogP contribution >= 0.6 is 0 Å². The number of benzene rings is 1. The lowest BCUT2D eigenvalue weighted by Crippen LogP contribution is -2.50. The van der Waals surface area contributed by atoms with Crippen LogP contribution in [0.3, 0.4) is 0 Å². The van der Waals surface area contributed by atoms with E-state index in [0.29, 0.717) is 6.54 Å². The number of hydrogen-bond acceptors (Lipinski definition) is 3. The quantitative estimate of drug-likeness (QED) is 0.802. The van der Waals surface area contributed by atoms with Gasteiger partial charge in [0.25, 0.3) is 0 Å². The largest absolute Gasteiger partial charge is 0.340 e. The van der Waals surface area contributed by atoms with E-state index < -0.39 is 0 Å². The lowest BCUT2D eigenvalue weighted by Gasteiger charge is -2.35. The number of nitrogens with zero attached hydrogens (tertiary/aromatic N) is 2. The van der Waals surface area contributed by atoms with Gasteiger partial charge in [-0.05, 0) is 31.9 Å². The highest BCUT2D eigenvalue weighted by atomic mass is 16.2.